The number of aromatic carboxylic acids is 1. The maximum atomic E-state index is 12.2. The van der Waals surface area contributed by atoms with Gasteiger partial charge in [0.25, 0.3) is 5.91 Å². The van der Waals surface area contributed by atoms with Gasteiger partial charge in [-0.1, -0.05) is 36.4 Å². The Balaban J connectivity index is 1.63. The van der Waals surface area contributed by atoms with Crippen molar-refractivity contribution in [1.82, 2.24) is 10.3 Å². The molecule has 124 valence electrons. The van der Waals surface area contributed by atoms with E-state index in [1.54, 1.807) is 0 Å². The predicted octanol–water partition coefficient (Wildman–Crippen LogP) is 2.29. The van der Waals surface area contributed by atoms with Gasteiger partial charge in [-0.25, -0.2) is 9.78 Å². The first kappa shape index (κ1) is 16.1. The Morgan fingerprint density at radius 2 is 1.88 bits per heavy atom. The molecule has 1 amide bonds. The number of carbonyl (C=O) groups is 2. The molecule has 0 saturated carbocycles. The molecule has 1 aromatic heterocycles. The van der Waals surface area contributed by atoms with E-state index in [2.05, 4.69) is 10.3 Å². The van der Waals surface area contributed by atoms with Crippen molar-refractivity contribution in [3.05, 3.63) is 65.5 Å². The van der Waals surface area contributed by atoms with Crippen molar-refractivity contribution in [2.45, 2.75) is 12.5 Å². The molecule has 2 heterocycles. The Morgan fingerprint density at radius 1 is 1.12 bits per heavy atom. The van der Waals surface area contributed by atoms with Crippen molar-refractivity contribution in [2.24, 2.45) is 5.92 Å². The van der Waals surface area contributed by atoms with Crippen LogP contribution in [0.5, 0.6) is 0 Å². The minimum atomic E-state index is -1.15. The van der Waals surface area contributed by atoms with Crippen molar-refractivity contribution in [1.29, 1.82) is 0 Å². The highest BCUT2D eigenvalue weighted by molar-refractivity contribution is 5.94. The Morgan fingerprint density at radius 3 is 2.62 bits per heavy atom. The van der Waals surface area contributed by atoms with Crippen LogP contribution in [-0.4, -0.2) is 35.1 Å². The highest BCUT2D eigenvalue weighted by Crippen LogP contribution is 2.33. The van der Waals surface area contributed by atoms with Gasteiger partial charge in [-0.05, 0) is 24.1 Å². The zero-order valence-electron chi connectivity index (χ0n) is 13.0. The molecule has 1 aliphatic rings. The summed E-state index contributed by atoms with van der Waals surface area (Å²) >= 11 is 0. The Kier molecular flexibility index (Phi) is 4.86. The van der Waals surface area contributed by atoms with Crippen LogP contribution in [0.3, 0.4) is 0 Å². The van der Waals surface area contributed by atoms with Gasteiger partial charge in [-0.3, -0.25) is 4.79 Å². The maximum absolute atomic E-state index is 12.2. The second-order valence-electron chi connectivity index (χ2n) is 5.67. The number of nitrogens with one attached hydrogen (secondary N) is 1. The number of nitrogens with zero attached hydrogens (tertiary/aromatic N) is 1. The maximum Gasteiger partial charge on any atom is 0.354 e. The normalized spacial score (nSPS) is 19.8. The third-order valence-corrected chi connectivity index (χ3v) is 4.07. The fourth-order valence-electron chi connectivity index (χ4n) is 2.85. The largest absolute Gasteiger partial charge is 0.477 e. The molecule has 0 aliphatic carbocycles. The molecule has 1 aliphatic heterocycles. The van der Waals surface area contributed by atoms with Crippen molar-refractivity contribution >= 4 is 11.9 Å². The third kappa shape index (κ3) is 3.60. The molecule has 1 fully saturated rings. The van der Waals surface area contributed by atoms with Gasteiger partial charge < -0.3 is 15.2 Å². The second-order valence-corrected chi connectivity index (χ2v) is 5.67. The highest BCUT2D eigenvalue weighted by atomic mass is 16.5. The van der Waals surface area contributed by atoms with Crippen LogP contribution in [0, 0.1) is 5.92 Å². The lowest BCUT2D eigenvalue weighted by Crippen LogP contribution is -2.31. The summed E-state index contributed by atoms with van der Waals surface area (Å²) in [7, 11) is 0. The molecular weight excluding hydrogens is 308 g/mol. The van der Waals surface area contributed by atoms with Crippen LogP contribution in [0.1, 0.15) is 39.1 Å². The van der Waals surface area contributed by atoms with E-state index in [-0.39, 0.29) is 29.3 Å². The molecule has 6 nitrogen and oxygen atoms in total. The number of carboxylic acid groups (broad SMARTS) is 1. The first-order valence-electron chi connectivity index (χ1n) is 7.80. The smallest absolute Gasteiger partial charge is 0.354 e. The monoisotopic (exact) mass is 326 g/mol. The summed E-state index contributed by atoms with van der Waals surface area (Å²) in [6.07, 6.45) is 0.826. The average molecular weight is 326 g/mol. The minimum Gasteiger partial charge on any atom is -0.477 e. The summed E-state index contributed by atoms with van der Waals surface area (Å²) in [6.45, 7) is 1.12. The van der Waals surface area contributed by atoms with Crippen molar-refractivity contribution in [2.75, 3.05) is 13.2 Å². The first-order valence-corrected chi connectivity index (χ1v) is 7.80. The van der Waals surface area contributed by atoms with E-state index < -0.39 is 5.97 Å². The van der Waals surface area contributed by atoms with Crippen molar-refractivity contribution in [3.8, 4) is 0 Å². The topological polar surface area (TPSA) is 88.5 Å². The number of hydrogen-bond acceptors (Lipinski definition) is 4. The van der Waals surface area contributed by atoms with Crippen LogP contribution in [0.25, 0.3) is 0 Å². The molecule has 1 saturated heterocycles. The van der Waals surface area contributed by atoms with E-state index in [0.29, 0.717) is 13.2 Å². The number of pyridine rings is 1. The molecular formula is C18H18N2O4. The van der Waals surface area contributed by atoms with Gasteiger partial charge in [0.15, 0.2) is 0 Å². The molecule has 24 heavy (non-hydrogen) atoms. The quantitative estimate of drug-likeness (QED) is 0.880. The van der Waals surface area contributed by atoms with E-state index in [1.807, 2.05) is 30.3 Å². The molecule has 2 atom stereocenters. The molecule has 6 heteroatoms. The molecule has 2 N–H and O–H groups in total. The summed E-state index contributed by atoms with van der Waals surface area (Å²) in [5.41, 5.74) is 1.05. The fourth-order valence-corrected chi connectivity index (χ4v) is 2.85. The molecule has 3 rings (SSSR count). The number of hydrogen-bond donors (Lipinski definition) is 2. The van der Waals surface area contributed by atoms with Crippen LogP contribution < -0.4 is 5.32 Å². The molecule has 0 spiro atoms. The van der Waals surface area contributed by atoms with Crippen LogP contribution in [0.15, 0.2) is 48.5 Å². The van der Waals surface area contributed by atoms with E-state index in [0.717, 1.165) is 12.0 Å². The third-order valence-electron chi connectivity index (χ3n) is 4.07. The number of ether oxygens (including phenoxy) is 1. The lowest BCUT2D eigenvalue weighted by molar-refractivity contribution is 0.0690. The molecule has 0 unspecified atom stereocenters. The zero-order valence-corrected chi connectivity index (χ0v) is 13.0. The van der Waals surface area contributed by atoms with Gasteiger partial charge in [0.2, 0.25) is 0 Å². The van der Waals surface area contributed by atoms with Gasteiger partial charge in [-0.2, -0.15) is 0 Å². The predicted molar refractivity (Wildman–Crippen MR) is 86.8 cm³/mol. The second kappa shape index (κ2) is 7.23. The number of aromatic nitrogens is 1. The number of benzene rings is 1. The van der Waals surface area contributed by atoms with E-state index in [4.69, 9.17) is 9.84 Å². The van der Waals surface area contributed by atoms with E-state index in [1.165, 1.54) is 18.2 Å². The van der Waals surface area contributed by atoms with Crippen LogP contribution >= 0.6 is 0 Å². The van der Waals surface area contributed by atoms with Crippen molar-refractivity contribution < 1.29 is 19.4 Å². The standard InChI is InChI=1S/C18H18N2O4/c21-17(14-7-4-8-15(20-14)18(22)23)19-11-13-9-10-24-16(13)12-5-2-1-3-6-12/h1-8,13,16H,9-11H2,(H,19,21)(H,22,23)/t13-,16-/m0/s1. The summed E-state index contributed by atoms with van der Waals surface area (Å²) in [6, 6.07) is 14.3. The number of carboxylic acids is 1. The number of rotatable bonds is 5. The van der Waals surface area contributed by atoms with E-state index in [9.17, 15) is 9.59 Å². The molecule has 0 bridgehead atoms. The molecule has 0 radical (unpaired) electrons. The summed E-state index contributed by atoms with van der Waals surface area (Å²) in [4.78, 5) is 27.0. The number of carbonyl (C=O) groups excluding carboxylic acids is 1. The van der Waals surface area contributed by atoms with Gasteiger partial charge >= 0.3 is 5.97 Å². The Labute approximate surface area is 139 Å². The molecule has 1 aromatic carbocycles. The first-order chi connectivity index (χ1) is 11.6. The Hall–Kier alpha value is -2.73. The van der Waals surface area contributed by atoms with Crippen LogP contribution in [0.2, 0.25) is 0 Å². The fraction of sp³-hybridized carbons (Fsp3) is 0.278. The van der Waals surface area contributed by atoms with Crippen LogP contribution in [-0.2, 0) is 4.74 Å². The lowest BCUT2D eigenvalue weighted by atomic mass is 9.95. The summed E-state index contributed by atoms with van der Waals surface area (Å²) < 4.78 is 5.80. The van der Waals surface area contributed by atoms with Gasteiger partial charge in [0, 0.05) is 19.1 Å². The SMILES string of the molecule is O=C(O)c1cccc(C(=O)NC[C@@H]2CCO[C@H]2c2ccccc2)n1. The van der Waals surface area contributed by atoms with Gasteiger partial charge in [-0.15, -0.1) is 0 Å². The summed E-state index contributed by atoms with van der Waals surface area (Å²) in [5.74, 6) is -1.35. The minimum absolute atomic E-state index is 0.0372. The highest BCUT2D eigenvalue weighted by Gasteiger charge is 2.29. The van der Waals surface area contributed by atoms with E-state index >= 15 is 0 Å². The van der Waals surface area contributed by atoms with Crippen molar-refractivity contribution in [3.63, 3.8) is 0 Å². The number of amides is 1. The average Bonchev–Trinajstić information content (AvgIpc) is 3.09. The Bertz CT molecular complexity index is 733. The lowest BCUT2D eigenvalue weighted by Gasteiger charge is -2.19. The zero-order chi connectivity index (χ0) is 16.9. The van der Waals surface area contributed by atoms with Gasteiger partial charge in [0.05, 0.1) is 6.10 Å². The summed E-state index contributed by atoms with van der Waals surface area (Å²) in [5, 5.41) is 11.8. The molecule has 2 aromatic rings. The van der Waals surface area contributed by atoms with Gasteiger partial charge in [0.1, 0.15) is 11.4 Å². The van der Waals surface area contributed by atoms with Crippen LogP contribution in [0.4, 0.5) is 0 Å².